The van der Waals surface area contributed by atoms with Crippen molar-refractivity contribution in [2.24, 2.45) is 5.73 Å². The standard InChI is InChI=1S/C16H21N3O2/c1-4-19(11-15(20)18-3)16(21)14-8-7-12(2)13(10-14)6-5-9-17/h7-8,10H,4,9,11,17H2,1-3H3,(H,18,20). The van der Waals surface area contributed by atoms with Crippen LogP contribution in [0.15, 0.2) is 18.2 Å². The fourth-order valence-corrected chi connectivity index (χ4v) is 1.80. The zero-order chi connectivity index (χ0) is 15.8. The van der Waals surface area contributed by atoms with E-state index in [1.165, 1.54) is 4.90 Å². The number of hydrogen-bond acceptors (Lipinski definition) is 3. The second-order valence-corrected chi connectivity index (χ2v) is 4.53. The first-order valence-corrected chi connectivity index (χ1v) is 6.82. The van der Waals surface area contributed by atoms with E-state index >= 15 is 0 Å². The Morgan fingerprint density at radius 2 is 2.10 bits per heavy atom. The van der Waals surface area contributed by atoms with Crippen LogP contribution >= 0.6 is 0 Å². The summed E-state index contributed by atoms with van der Waals surface area (Å²) in [6.07, 6.45) is 0. The summed E-state index contributed by atoms with van der Waals surface area (Å²) in [6.45, 7) is 4.55. The second kappa shape index (κ2) is 8.08. The molecule has 0 saturated heterocycles. The predicted octanol–water partition coefficient (Wildman–Crippen LogP) is 0.513. The van der Waals surface area contributed by atoms with E-state index in [-0.39, 0.29) is 24.9 Å². The number of nitrogens with two attached hydrogens (primary N) is 1. The van der Waals surface area contributed by atoms with Crippen LogP contribution in [0, 0.1) is 18.8 Å². The highest BCUT2D eigenvalue weighted by molar-refractivity contribution is 5.96. The number of benzene rings is 1. The molecule has 0 bridgehead atoms. The number of aryl methyl sites for hydroxylation is 1. The molecule has 21 heavy (non-hydrogen) atoms. The molecule has 1 aromatic rings. The summed E-state index contributed by atoms with van der Waals surface area (Å²) in [5, 5.41) is 2.52. The Kier molecular flexibility index (Phi) is 6.44. The van der Waals surface area contributed by atoms with E-state index < -0.39 is 0 Å². The minimum atomic E-state index is -0.194. The van der Waals surface area contributed by atoms with Gasteiger partial charge in [0, 0.05) is 24.7 Å². The highest BCUT2D eigenvalue weighted by Crippen LogP contribution is 2.12. The SMILES string of the molecule is CCN(CC(=O)NC)C(=O)c1ccc(C)c(C#CCN)c1. The van der Waals surface area contributed by atoms with Crippen molar-refractivity contribution in [2.45, 2.75) is 13.8 Å². The third-order valence-corrected chi connectivity index (χ3v) is 3.09. The van der Waals surface area contributed by atoms with Crippen molar-refractivity contribution in [3.05, 3.63) is 34.9 Å². The largest absolute Gasteiger partial charge is 0.358 e. The minimum Gasteiger partial charge on any atom is -0.358 e. The van der Waals surface area contributed by atoms with Gasteiger partial charge in [-0.05, 0) is 31.5 Å². The molecule has 0 saturated carbocycles. The van der Waals surface area contributed by atoms with Crippen molar-refractivity contribution in [1.29, 1.82) is 0 Å². The van der Waals surface area contributed by atoms with Crippen LogP contribution in [0.3, 0.4) is 0 Å². The van der Waals surface area contributed by atoms with Crippen LogP contribution in [0.2, 0.25) is 0 Å². The fraction of sp³-hybridized carbons (Fsp3) is 0.375. The number of rotatable bonds is 4. The molecule has 0 atom stereocenters. The van der Waals surface area contributed by atoms with Gasteiger partial charge < -0.3 is 16.0 Å². The summed E-state index contributed by atoms with van der Waals surface area (Å²) in [4.78, 5) is 25.4. The molecular formula is C16H21N3O2. The number of nitrogens with zero attached hydrogens (tertiary/aromatic N) is 1. The van der Waals surface area contributed by atoms with Gasteiger partial charge in [-0.25, -0.2) is 0 Å². The summed E-state index contributed by atoms with van der Waals surface area (Å²) in [5.74, 6) is 5.36. The lowest BCUT2D eigenvalue weighted by molar-refractivity contribution is -0.121. The molecule has 0 radical (unpaired) electrons. The van der Waals surface area contributed by atoms with Crippen LogP contribution in [-0.4, -0.2) is 43.4 Å². The quantitative estimate of drug-likeness (QED) is 0.792. The summed E-state index contributed by atoms with van der Waals surface area (Å²) in [5.41, 5.74) is 7.66. The van der Waals surface area contributed by atoms with Crippen LogP contribution in [0.5, 0.6) is 0 Å². The first-order chi connectivity index (χ1) is 10.0. The van der Waals surface area contributed by atoms with Crippen LogP contribution < -0.4 is 11.1 Å². The first-order valence-electron chi connectivity index (χ1n) is 6.82. The van der Waals surface area contributed by atoms with Gasteiger partial charge in [0.25, 0.3) is 5.91 Å². The van der Waals surface area contributed by atoms with Gasteiger partial charge in [0.1, 0.15) is 0 Å². The zero-order valence-corrected chi connectivity index (χ0v) is 12.7. The lowest BCUT2D eigenvalue weighted by atomic mass is 10.0. The topological polar surface area (TPSA) is 75.4 Å². The monoisotopic (exact) mass is 287 g/mol. The fourth-order valence-electron chi connectivity index (χ4n) is 1.80. The van der Waals surface area contributed by atoms with E-state index in [9.17, 15) is 9.59 Å². The van der Waals surface area contributed by atoms with Crippen LogP contribution in [-0.2, 0) is 4.79 Å². The molecule has 1 rings (SSSR count). The van der Waals surface area contributed by atoms with Crippen molar-refractivity contribution in [3.63, 3.8) is 0 Å². The lowest BCUT2D eigenvalue weighted by Gasteiger charge is -2.20. The summed E-state index contributed by atoms with van der Waals surface area (Å²) < 4.78 is 0. The molecule has 112 valence electrons. The normalized spacial score (nSPS) is 9.52. The maximum atomic E-state index is 12.4. The number of carbonyl (C=O) groups excluding carboxylic acids is 2. The average Bonchev–Trinajstić information content (AvgIpc) is 2.50. The van der Waals surface area contributed by atoms with Crippen molar-refractivity contribution >= 4 is 11.8 Å². The highest BCUT2D eigenvalue weighted by Gasteiger charge is 2.17. The van der Waals surface area contributed by atoms with E-state index in [0.29, 0.717) is 12.1 Å². The molecule has 0 aromatic heterocycles. The Hall–Kier alpha value is -2.32. The van der Waals surface area contributed by atoms with Crippen LogP contribution in [0.1, 0.15) is 28.4 Å². The first kappa shape index (κ1) is 16.7. The number of carbonyl (C=O) groups is 2. The van der Waals surface area contributed by atoms with Crippen molar-refractivity contribution in [3.8, 4) is 11.8 Å². The van der Waals surface area contributed by atoms with E-state index in [0.717, 1.165) is 11.1 Å². The molecular weight excluding hydrogens is 266 g/mol. The molecule has 0 fully saturated rings. The molecule has 0 aliphatic carbocycles. The van der Waals surface area contributed by atoms with Gasteiger partial charge in [-0.1, -0.05) is 17.9 Å². The summed E-state index contributed by atoms with van der Waals surface area (Å²) >= 11 is 0. The summed E-state index contributed by atoms with van der Waals surface area (Å²) in [7, 11) is 1.55. The molecule has 0 aliphatic heterocycles. The Morgan fingerprint density at radius 3 is 2.67 bits per heavy atom. The number of nitrogens with one attached hydrogen (secondary N) is 1. The van der Waals surface area contributed by atoms with Gasteiger partial charge in [-0.15, -0.1) is 0 Å². The van der Waals surface area contributed by atoms with Crippen LogP contribution in [0.4, 0.5) is 0 Å². The third-order valence-electron chi connectivity index (χ3n) is 3.09. The van der Waals surface area contributed by atoms with Gasteiger partial charge in [-0.3, -0.25) is 9.59 Å². The van der Waals surface area contributed by atoms with E-state index in [2.05, 4.69) is 17.2 Å². The average molecular weight is 287 g/mol. The Bertz CT molecular complexity index is 585. The van der Waals surface area contributed by atoms with Crippen LogP contribution in [0.25, 0.3) is 0 Å². The number of amides is 2. The van der Waals surface area contributed by atoms with E-state index in [1.54, 1.807) is 19.2 Å². The maximum Gasteiger partial charge on any atom is 0.254 e. The molecule has 2 amide bonds. The molecule has 5 heteroatoms. The Balaban J connectivity index is 3.03. The summed E-state index contributed by atoms with van der Waals surface area (Å²) in [6, 6.07) is 5.34. The Labute approximate surface area is 125 Å². The second-order valence-electron chi connectivity index (χ2n) is 4.53. The smallest absolute Gasteiger partial charge is 0.254 e. The molecule has 5 nitrogen and oxygen atoms in total. The number of likely N-dealkylation sites (N-methyl/N-ethyl adjacent to an activating group) is 2. The van der Waals surface area contributed by atoms with Gasteiger partial charge in [0.15, 0.2) is 0 Å². The molecule has 0 unspecified atom stereocenters. The molecule has 1 aromatic carbocycles. The van der Waals surface area contributed by atoms with Gasteiger partial charge in [-0.2, -0.15) is 0 Å². The highest BCUT2D eigenvalue weighted by atomic mass is 16.2. The molecule has 0 spiro atoms. The zero-order valence-electron chi connectivity index (χ0n) is 12.7. The molecule has 0 heterocycles. The van der Waals surface area contributed by atoms with Gasteiger partial charge >= 0.3 is 0 Å². The van der Waals surface area contributed by atoms with Gasteiger partial charge in [0.05, 0.1) is 13.1 Å². The van der Waals surface area contributed by atoms with E-state index in [4.69, 9.17) is 5.73 Å². The third kappa shape index (κ3) is 4.62. The van der Waals surface area contributed by atoms with E-state index in [1.807, 2.05) is 19.9 Å². The van der Waals surface area contributed by atoms with Crippen molar-refractivity contribution < 1.29 is 9.59 Å². The number of hydrogen-bond donors (Lipinski definition) is 2. The molecule has 3 N–H and O–H groups in total. The maximum absolute atomic E-state index is 12.4. The lowest BCUT2D eigenvalue weighted by Crippen LogP contribution is -2.39. The van der Waals surface area contributed by atoms with Crippen molar-refractivity contribution in [1.82, 2.24) is 10.2 Å². The van der Waals surface area contributed by atoms with Crippen molar-refractivity contribution in [2.75, 3.05) is 26.7 Å². The van der Waals surface area contributed by atoms with Gasteiger partial charge in [0.2, 0.25) is 5.91 Å². The molecule has 0 aliphatic rings. The minimum absolute atomic E-state index is 0.0452. The predicted molar refractivity (Wildman–Crippen MR) is 82.8 cm³/mol. The Morgan fingerprint density at radius 1 is 1.38 bits per heavy atom.